The molecular formula is C12H15Cl2N3O3S. The molecule has 0 aliphatic carbocycles. The van der Waals surface area contributed by atoms with E-state index in [9.17, 15) is 8.42 Å². The molecule has 1 aliphatic rings. The lowest BCUT2D eigenvalue weighted by molar-refractivity contribution is 0.291. The van der Waals surface area contributed by atoms with Crippen molar-refractivity contribution in [2.75, 3.05) is 13.1 Å². The molecule has 9 heteroatoms. The van der Waals surface area contributed by atoms with Crippen LogP contribution < -0.4 is 5.73 Å². The molecule has 6 nitrogen and oxygen atoms in total. The number of nitrogens with zero attached hydrogens (tertiary/aromatic N) is 2. The van der Waals surface area contributed by atoms with Gasteiger partial charge in [0.15, 0.2) is 0 Å². The Bertz CT molecular complexity index is 635. The maximum Gasteiger partial charge on any atom is 0.243 e. The molecule has 0 bridgehead atoms. The van der Waals surface area contributed by atoms with Gasteiger partial charge in [-0.15, -0.1) is 0 Å². The average molecular weight is 352 g/mol. The van der Waals surface area contributed by atoms with E-state index >= 15 is 0 Å². The lowest BCUT2D eigenvalue weighted by Crippen LogP contribution is -2.41. The van der Waals surface area contributed by atoms with E-state index in [1.54, 1.807) is 0 Å². The largest absolute Gasteiger partial charge is 0.409 e. The maximum atomic E-state index is 12.5. The van der Waals surface area contributed by atoms with E-state index in [1.807, 2.05) is 0 Å². The van der Waals surface area contributed by atoms with Crippen LogP contribution in [0.5, 0.6) is 0 Å². The monoisotopic (exact) mass is 351 g/mol. The van der Waals surface area contributed by atoms with Gasteiger partial charge in [0.2, 0.25) is 10.0 Å². The first-order valence-corrected chi connectivity index (χ1v) is 8.48. The molecule has 0 saturated carbocycles. The number of halogens is 2. The van der Waals surface area contributed by atoms with Crippen molar-refractivity contribution < 1.29 is 13.6 Å². The zero-order chi connectivity index (χ0) is 15.6. The van der Waals surface area contributed by atoms with Crippen LogP contribution in [-0.4, -0.2) is 36.9 Å². The van der Waals surface area contributed by atoms with Gasteiger partial charge >= 0.3 is 0 Å². The zero-order valence-electron chi connectivity index (χ0n) is 11.0. The molecule has 3 N–H and O–H groups in total. The number of oxime groups is 1. The van der Waals surface area contributed by atoms with Crippen LogP contribution in [0, 0.1) is 5.92 Å². The van der Waals surface area contributed by atoms with Crippen LogP contribution in [0.3, 0.4) is 0 Å². The predicted octanol–water partition coefficient (Wildman–Crippen LogP) is 2.14. The number of rotatable bonds is 3. The Labute approximate surface area is 133 Å². The molecule has 1 aliphatic heterocycles. The first kappa shape index (κ1) is 16.4. The summed E-state index contributed by atoms with van der Waals surface area (Å²) in [5.41, 5.74) is 5.55. The number of hydrogen-bond acceptors (Lipinski definition) is 4. The van der Waals surface area contributed by atoms with Crippen LogP contribution >= 0.6 is 23.2 Å². The standard InChI is InChI=1S/C12H15Cl2N3O3S/c13-9-5-10(14)7-11(6-9)21(19,20)17-3-1-8(2-4-17)12(15)16-18/h5-8,18H,1-4H2,(H2,15,16). The number of piperidine rings is 1. The van der Waals surface area contributed by atoms with Gasteiger partial charge in [0.1, 0.15) is 5.84 Å². The molecule has 0 unspecified atom stereocenters. The van der Waals surface area contributed by atoms with Crippen molar-refractivity contribution in [1.82, 2.24) is 4.31 Å². The van der Waals surface area contributed by atoms with Gasteiger partial charge in [0.25, 0.3) is 0 Å². The first-order valence-electron chi connectivity index (χ1n) is 6.28. The summed E-state index contributed by atoms with van der Waals surface area (Å²) in [6.45, 7) is 0.598. The Kier molecular flexibility index (Phi) is 4.98. The number of sulfonamides is 1. The average Bonchev–Trinajstić information content (AvgIpc) is 2.45. The predicted molar refractivity (Wildman–Crippen MR) is 81.4 cm³/mol. The van der Waals surface area contributed by atoms with Gasteiger partial charge in [-0.1, -0.05) is 28.4 Å². The van der Waals surface area contributed by atoms with E-state index in [-0.39, 0.29) is 26.7 Å². The number of amidine groups is 1. The summed E-state index contributed by atoms with van der Waals surface area (Å²) in [5, 5.41) is 12.2. The van der Waals surface area contributed by atoms with Crippen molar-refractivity contribution in [2.45, 2.75) is 17.7 Å². The third-order valence-electron chi connectivity index (χ3n) is 3.46. The van der Waals surface area contributed by atoms with E-state index in [4.69, 9.17) is 34.1 Å². The quantitative estimate of drug-likeness (QED) is 0.377. The van der Waals surface area contributed by atoms with E-state index in [2.05, 4.69) is 5.16 Å². The van der Waals surface area contributed by atoms with Crippen molar-refractivity contribution in [1.29, 1.82) is 0 Å². The summed E-state index contributed by atoms with van der Waals surface area (Å²) in [6.07, 6.45) is 1.01. The zero-order valence-corrected chi connectivity index (χ0v) is 13.4. The molecule has 0 radical (unpaired) electrons. The molecule has 0 spiro atoms. The first-order chi connectivity index (χ1) is 9.84. The number of benzene rings is 1. The second-order valence-corrected chi connectivity index (χ2v) is 7.62. The van der Waals surface area contributed by atoms with Crippen LogP contribution in [0.25, 0.3) is 0 Å². The summed E-state index contributed by atoms with van der Waals surface area (Å²) in [7, 11) is -3.64. The maximum absolute atomic E-state index is 12.5. The molecule has 1 saturated heterocycles. The summed E-state index contributed by atoms with van der Waals surface area (Å²) >= 11 is 11.7. The van der Waals surface area contributed by atoms with Gasteiger partial charge < -0.3 is 10.9 Å². The number of nitrogens with two attached hydrogens (primary N) is 1. The molecule has 2 rings (SSSR count). The van der Waals surface area contributed by atoms with Crippen LogP contribution in [0.1, 0.15) is 12.8 Å². The van der Waals surface area contributed by atoms with Crippen LogP contribution in [0.15, 0.2) is 28.3 Å². The highest BCUT2D eigenvalue weighted by Crippen LogP contribution is 2.27. The summed E-state index contributed by atoms with van der Waals surface area (Å²) in [6, 6.07) is 4.23. The summed E-state index contributed by atoms with van der Waals surface area (Å²) in [4.78, 5) is 0.0715. The molecule has 1 heterocycles. The van der Waals surface area contributed by atoms with Crippen molar-refractivity contribution >= 4 is 39.1 Å². The molecule has 1 aromatic rings. The fraction of sp³-hybridized carbons (Fsp3) is 0.417. The van der Waals surface area contributed by atoms with Gasteiger partial charge in [-0.25, -0.2) is 8.42 Å². The lowest BCUT2D eigenvalue weighted by Gasteiger charge is -2.30. The highest BCUT2D eigenvalue weighted by Gasteiger charge is 2.31. The Morgan fingerprint density at radius 3 is 2.24 bits per heavy atom. The van der Waals surface area contributed by atoms with Crippen molar-refractivity contribution in [3.05, 3.63) is 28.2 Å². The Hall–Kier alpha value is -1.02. The van der Waals surface area contributed by atoms with Gasteiger partial charge in [0, 0.05) is 29.1 Å². The minimum atomic E-state index is -3.64. The van der Waals surface area contributed by atoms with E-state index < -0.39 is 10.0 Å². The molecule has 1 aromatic carbocycles. The second-order valence-electron chi connectivity index (χ2n) is 4.81. The van der Waals surface area contributed by atoms with Gasteiger partial charge in [-0.05, 0) is 31.0 Å². The fourth-order valence-electron chi connectivity index (χ4n) is 2.30. The van der Waals surface area contributed by atoms with Gasteiger partial charge in [0.05, 0.1) is 4.90 Å². The van der Waals surface area contributed by atoms with E-state index in [1.165, 1.54) is 22.5 Å². The molecule has 1 fully saturated rings. The van der Waals surface area contributed by atoms with Gasteiger partial charge in [-0.3, -0.25) is 0 Å². The normalized spacial score (nSPS) is 18.9. The molecular weight excluding hydrogens is 337 g/mol. The molecule has 0 atom stereocenters. The van der Waals surface area contributed by atoms with E-state index in [0.29, 0.717) is 25.9 Å². The molecule has 116 valence electrons. The third kappa shape index (κ3) is 3.60. The molecule has 0 amide bonds. The van der Waals surface area contributed by atoms with Gasteiger partial charge in [-0.2, -0.15) is 4.31 Å². The Morgan fingerprint density at radius 1 is 1.24 bits per heavy atom. The summed E-state index contributed by atoms with van der Waals surface area (Å²) in [5.74, 6) is 0.0299. The third-order valence-corrected chi connectivity index (χ3v) is 5.77. The summed E-state index contributed by atoms with van der Waals surface area (Å²) < 4.78 is 26.4. The highest BCUT2D eigenvalue weighted by atomic mass is 35.5. The number of hydrogen-bond donors (Lipinski definition) is 2. The topological polar surface area (TPSA) is 96.0 Å². The highest BCUT2D eigenvalue weighted by molar-refractivity contribution is 7.89. The smallest absolute Gasteiger partial charge is 0.243 e. The minimum absolute atomic E-state index is 0.0715. The molecule has 21 heavy (non-hydrogen) atoms. The Morgan fingerprint density at radius 2 is 1.76 bits per heavy atom. The van der Waals surface area contributed by atoms with Crippen LogP contribution in [0.4, 0.5) is 0 Å². The van der Waals surface area contributed by atoms with Crippen molar-refractivity contribution in [3.8, 4) is 0 Å². The van der Waals surface area contributed by atoms with Crippen molar-refractivity contribution in [3.63, 3.8) is 0 Å². The molecule has 0 aromatic heterocycles. The van der Waals surface area contributed by atoms with Crippen LogP contribution in [-0.2, 0) is 10.0 Å². The second kappa shape index (κ2) is 6.39. The van der Waals surface area contributed by atoms with E-state index in [0.717, 1.165) is 0 Å². The SMILES string of the molecule is NC(=NO)C1CCN(S(=O)(=O)c2cc(Cl)cc(Cl)c2)CC1. The van der Waals surface area contributed by atoms with Crippen LogP contribution in [0.2, 0.25) is 10.0 Å². The fourth-order valence-corrected chi connectivity index (χ4v) is 4.50. The Balaban J connectivity index is 2.18. The van der Waals surface area contributed by atoms with Crippen molar-refractivity contribution in [2.24, 2.45) is 16.8 Å². The minimum Gasteiger partial charge on any atom is -0.409 e. The lowest BCUT2D eigenvalue weighted by atomic mass is 9.97.